The summed E-state index contributed by atoms with van der Waals surface area (Å²) in [5, 5.41) is 4.97. The van der Waals surface area contributed by atoms with Crippen LogP contribution in [0.2, 0.25) is 5.02 Å². The van der Waals surface area contributed by atoms with Crippen molar-refractivity contribution in [3.8, 4) is 0 Å². The highest BCUT2D eigenvalue weighted by Gasteiger charge is 2.26. The third kappa shape index (κ3) is 2.10. The van der Waals surface area contributed by atoms with Gasteiger partial charge >= 0.3 is 0 Å². The van der Waals surface area contributed by atoms with E-state index in [1.807, 2.05) is 4.68 Å². The van der Waals surface area contributed by atoms with Crippen LogP contribution in [-0.2, 0) is 12.0 Å². The van der Waals surface area contributed by atoms with E-state index in [2.05, 4.69) is 25.9 Å². The van der Waals surface area contributed by atoms with Gasteiger partial charge in [0.2, 0.25) is 0 Å². The molecule has 4 heteroatoms. The van der Waals surface area contributed by atoms with Crippen LogP contribution in [0, 0.1) is 0 Å². The van der Waals surface area contributed by atoms with Crippen molar-refractivity contribution in [2.75, 3.05) is 6.54 Å². The van der Waals surface area contributed by atoms with Gasteiger partial charge in [-0.1, -0.05) is 25.4 Å². The molecule has 3 nitrogen and oxygen atoms in total. The number of rotatable bonds is 4. The van der Waals surface area contributed by atoms with Gasteiger partial charge in [-0.05, 0) is 19.9 Å². The van der Waals surface area contributed by atoms with Crippen LogP contribution in [0.3, 0.4) is 0 Å². The van der Waals surface area contributed by atoms with E-state index in [0.717, 1.165) is 23.7 Å². The summed E-state index contributed by atoms with van der Waals surface area (Å²) in [6, 6.07) is 0. The second kappa shape index (κ2) is 4.32. The van der Waals surface area contributed by atoms with Crippen molar-refractivity contribution in [2.45, 2.75) is 39.2 Å². The lowest BCUT2D eigenvalue weighted by Crippen LogP contribution is -2.25. The second-order valence-corrected chi connectivity index (χ2v) is 4.49. The Labute approximate surface area is 90.2 Å². The van der Waals surface area contributed by atoms with Gasteiger partial charge in [-0.3, -0.25) is 4.68 Å². The molecule has 0 aromatic carbocycles. The molecule has 0 saturated heterocycles. The van der Waals surface area contributed by atoms with E-state index >= 15 is 0 Å². The number of aromatic nitrogens is 2. The fraction of sp³-hybridized carbons (Fsp3) is 0.700. The summed E-state index contributed by atoms with van der Waals surface area (Å²) in [6.45, 7) is 7.86. The van der Waals surface area contributed by atoms with Gasteiger partial charge in [0, 0.05) is 12.0 Å². The predicted molar refractivity (Wildman–Crippen MR) is 59.6 cm³/mol. The average molecular weight is 216 g/mol. The molecule has 1 aromatic rings. The fourth-order valence-electron chi connectivity index (χ4n) is 1.75. The Bertz CT molecular complexity index is 304. The molecule has 1 aromatic heterocycles. The number of aryl methyl sites for hydroxylation is 1. The summed E-state index contributed by atoms with van der Waals surface area (Å²) in [7, 11) is 0. The third-order valence-electron chi connectivity index (χ3n) is 2.50. The van der Waals surface area contributed by atoms with Gasteiger partial charge < -0.3 is 5.73 Å². The Balaban J connectivity index is 3.08. The average Bonchev–Trinajstić information content (AvgIpc) is 2.47. The first-order valence-electron chi connectivity index (χ1n) is 4.94. The Morgan fingerprint density at radius 1 is 1.57 bits per heavy atom. The highest BCUT2D eigenvalue weighted by atomic mass is 35.5. The Kier molecular flexibility index (Phi) is 3.56. The molecule has 0 atom stereocenters. The number of hydrogen-bond acceptors (Lipinski definition) is 2. The largest absolute Gasteiger partial charge is 0.330 e. The maximum absolute atomic E-state index is 6.12. The fourth-order valence-corrected chi connectivity index (χ4v) is 2.15. The molecule has 0 saturated carbocycles. The summed E-state index contributed by atoms with van der Waals surface area (Å²) in [6.07, 6.45) is 2.62. The monoisotopic (exact) mass is 215 g/mol. The molecule has 0 fully saturated rings. The van der Waals surface area contributed by atoms with Crippen LogP contribution in [0.25, 0.3) is 0 Å². The summed E-state index contributed by atoms with van der Waals surface area (Å²) in [4.78, 5) is 0. The lowest BCUT2D eigenvalue weighted by atomic mass is 9.85. The van der Waals surface area contributed by atoms with Gasteiger partial charge in [-0.2, -0.15) is 5.10 Å². The molecular weight excluding hydrogens is 198 g/mol. The van der Waals surface area contributed by atoms with Crippen LogP contribution in [0.15, 0.2) is 6.20 Å². The number of nitrogens with zero attached hydrogens (tertiary/aromatic N) is 2. The number of halogens is 1. The van der Waals surface area contributed by atoms with Gasteiger partial charge in [-0.15, -0.1) is 0 Å². The maximum atomic E-state index is 6.12. The van der Waals surface area contributed by atoms with Crippen molar-refractivity contribution < 1.29 is 0 Å². The minimum Gasteiger partial charge on any atom is -0.330 e. The summed E-state index contributed by atoms with van der Waals surface area (Å²) in [5.41, 5.74) is 6.68. The van der Waals surface area contributed by atoms with Crippen molar-refractivity contribution >= 4 is 11.6 Å². The van der Waals surface area contributed by atoms with Crippen molar-refractivity contribution in [1.29, 1.82) is 0 Å². The van der Waals surface area contributed by atoms with Gasteiger partial charge in [0.05, 0.1) is 16.9 Å². The summed E-state index contributed by atoms with van der Waals surface area (Å²) >= 11 is 6.12. The Morgan fingerprint density at radius 3 is 2.71 bits per heavy atom. The first-order valence-corrected chi connectivity index (χ1v) is 5.32. The van der Waals surface area contributed by atoms with Crippen molar-refractivity contribution in [3.63, 3.8) is 0 Å². The molecule has 0 aliphatic heterocycles. The molecule has 0 aliphatic rings. The highest BCUT2D eigenvalue weighted by molar-refractivity contribution is 6.31. The topological polar surface area (TPSA) is 43.8 Å². The van der Waals surface area contributed by atoms with E-state index in [4.69, 9.17) is 17.3 Å². The number of nitrogens with two attached hydrogens (primary N) is 1. The predicted octanol–water partition coefficient (Wildman–Crippen LogP) is 2.18. The molecule has 14 heavy (non-hydrogen) atoms. The van der Waals surface area contributed by atoms with E-state index in [0.29, 0.717) is 6.54 Å². The Hall–Kier alpha value is -0.540. The minimum atomic E-state index is -0.00164. The SMILES string of the molecule is CCn1ncc(Cl)c1C(C)(C)CCN. The van der Waals surface area contributed by atoms with Crippen LogP contribution >= 0.6 is 11.6 Å². The van der Waals surface area contributed by atoms with E-state index in [-0.39, 0.29) is 5.41 Å². The zero-order valence-corrected chi connectivity index (χ0v) is 9.80. The molecule has 0 unspecified atom stereocenters. The van der Waals surface area contributed by atoms with E-state index in [1.165, 1.54) is 0 Å². The lowest BCUT2D eigenvalue weighted by Gasteiger charge is -2.25. The smallest absolute Gasteiger partial charge is 0.0823 e. The molecule has 0 bridgehead atoms. The molecule has 2 N–H and O–H groups in total. The standard InChI is InChI=1S/C10H18ClN3/c1-4-14-9(8(11)7-13-14)10(2,3)5-6-12/h7H,4-6,12H2,1-3H3. The normalized spacial score (nSPS) is 12.1. The second-order valence-electron chi connectivity index (χ2n) is 4.08. The Morgan fingerprint density at radius 2 is 2.21 bits per heavy atom. The van der Waals surface area contributed by atoms with Gasteiger partial charge in [-0.25, -0.2) is 0 Å². The van der Waals surface area contributed by atoms with Crippen molar-refractivity contribution in [2.24, 2.45) is 5.73 Å². The van der Waals surface area contributed by atoms with E-state index in [9.17, 15) is 0 Å². The zero-order valence-electron chi connectivity index (χ0n) is 9.05. The molecule has 0 spiro atoms. The molecule has 80 valence electrons. The zero-order chi connectivity index (χ0) is 10.8. The summed E-state index contributed by atoms with van der Waals surface area (Å²) < 4.78 is 1.94. The first-order chi connectivity index (χ1) is 6.53. The molecule has 0 radical (unpaired) electrons. The molecule has 0 amide bonds. The van der Waals surface area contributed by atoms with E-state index in [1.54, 1.807) is 6.20 Å². The van der Waals surface area contributed by atoms with Gasteiger partial charge in [0.25, 0.3) is 0 Å². The minimum absolute atomic E-state index is 0.00164. The van der Waals surface area contributed by atoms with E-state index < -0.39 is 0 Å². The van der Waals surface area contributed by atoms with Gasteiger partial charge in [0.15, 0.2) is 0 Å². The van der Waals surface area contributed by atoms with Crippen molar-refractivity contribution in [1.82, 2.24) is 9.78 Å². The third-order valence-corrected chi connectivity index (χ3v) is 2.78. The quantitative estimate of drug-likeness (QED) is 0.837. The molecule has 1 heterocycles. The summed E-state index contributed by atoms with van der Waals surface area (Å²) in [5.74, 6) is 0. The van der Waals surface area contributed by atoms with Crippen LogP contribution in [0.1, 0.15) is 32.9 Å². The van der Waals surface area contributed by atoms with Crippen molar-refractivity contribution in [3.05, 3.63) is 16.9 Å². The first kappa shape index (κ1) is 11.5. The van der Waals surface area contributed by atoms with Crippen LogP contribution < -0.4 is 5.73 Å². The van der Waals surface area contributed by atoms with Gasteiger partial charge in [0.1, 0.15) is 0 Å². The number of hydrogen-bond donors (Lipinski definition) is 1. The highest BCUT2D eigenvalue weighted by Crippen LogP contribution is 2.32. The molecule has 1 rings (SSSR count). The molecular formula is C10H18ClN3. The van der Waals surface area contributed by atoms with Crippen LogP contribution in [-0.4, -0.2) is 16.3 Å². The lowest BCUT2D eigenvalue weighted by molar-refractivity contribution is 0.435. The van der Waals surface area contributed by atoms with Crippen LogP contribution in [0.5, 0.6) is 0 Å². The van der Waals surface area contributed by atoms with Crippen LogP contribution in [0.4, 0.5) is 0 Å². The molecule has 0 aliphatic carbocycles. The maximum Gasteiger partial charge on any atom is 0.0823 e.